The molecule has 0 aromatic carbocycles. The minimum atomic E-state index is 0.180. The van der Waals surface area contributed by atoms with Crippen molar-refractivity contribution in [2.24, 2.45) is 5.92 Å². The van der Waals surface area contributed by atoms with E-state index in [0.29, 0.717) is 25.4 Å². The molecule has 0 aliphatic carbocycles. The van der Waals surface area contributed by atoms with E-state index in [1.807, 2.05) is 28.5 Å². The Morgan fingerprint density at radius 2 is 2.16 bits per heavy atom. The molecule has 0 atom stereocenters. The van der Waals surface area contributed by atoms with Crippen LogP contribution in [0.1, 0.15) is 30.9 Å². The Bertz CT molecular complexity index is 452. The minimum absolute atomic E-state index is 0.180. The maximum Gasteiger partial charge on any atom is 0.223 e. The predicted molar refractivity (Wildman–Crippen MR) is 76.7 cm³/mol. The number of amides is 1. The molecular weight excluding hydrogens is 258 g/mol. The second-order valence-electron chi connectivity index (χ2n) is 5.01. The maximum atomic E-state index is 12.3. The molecule has 0 aliphatic rings. The number of thiophene rings is 1. The van der Waals surface area contributed by atoms with Crippen LogP contribution in [-0.4, -0.2) is 10.8 Å². The molecule has 0 spiro atoms. The zero-order valence-electron chi connectivity index (χ0n) is 11.3. The molecular formula is C15H19NO2S. The minimum Gasteiger partial charge on any atom is -0.467 e. The SMILES string of the molecule is CC(C)CC(=O)N(Cc1ccco1)Cc1cccs1. The van der Waals surface area contributed by atoms with Crippen molar-refractivity contribution in [3.05, 3.63) is 46.5 Å². The zero-order valence-corrected chi connectivity index (χ0v) is 12.2. The number of rotatable bonds is 6. The summed E-state index contributed by atoms with van der Waals surface area (Å²) in [5, 5.41) is 2.04. The number of carbonyl (C=O) groups is 1. The van der Waals surface area contributed by atoms with E-state index in [9.17, 15) is 4.79 Å². The Balaban J connectivity index is 2.05. The molecule has 0 saturated carbocycles. The van der Waals surface area contributed by atoms with Crippen LogP contribution < -0.4 is 0 Å². The van der Waals surface area contributed by atoms with E-state index in [-0.39, 0.29) is 5.91 Å². The topological polar surface area (TPSA) is 33.5 Å². The summed E-state index contributed by atoms with van der Waals surface area (Å²) in [6, 6.07) is 7.83. The molecule has 102 valence electrons. The first-order chi connectivity index (χ1) is 9.15. The van der Waals surface area contributed by atoms with Crippen molar-refractivity contribution in [3.63, 3.8) is 0 Å². The van der Waals surface area contributed by atoms with E-state index in [2.05, 4.69) is 19.9 Å². The molecule has 4 heteroatoms. The summed E-state index contributed by atoms with van der Waals surface area (Å²) in [7, 11) is 0. The van der Waals surface area contributed by atoms with E-state index in [4.69, 9.17) is 4.42 Å². The van der Waals surface area contributed by atoms with Gasteiger partial charge in [0.15, 0.2) is 0 Å². The van der Waals surface area contributed by atoms with Gasteiger partial charge < -0.3 is 9.32 Å². The summed E-state index contributed by atoms with van der Waals surface area (Å²) < 4.78 is 5.35. The van der Waals surface area contributed by atoms with Crippen LogP contribution in [0.4, 0.5) is 0 Å². The third-order valence-corrected chi connectivity index (χ3v) is 3.65. The molecule has 1 amide bonds. The third-order valence-electron chi connectivity index (χ3n) is 2.79. The molecule has 0 N–H and O–H groups in total. The van der Waals surface area contributed by atoms with Crippen LogP contribution in [0.3, 0.4) is 0 Å². The summed E-state index contributed by atoms with van der Waals surface area (Å²) in [5.41, 5.74) is 0. The van der Waals surface area contributed by atoms with Crippen LogP contribution in [0.2, 0.25) is 0 Å². The van der Waals surface area contributed by atoms with E-state index in [1.54, 1.807) is 17.6 Å². The van der Waals surface area contributed by atoms with Crippen LogP contribution in [0.15, 0.2) is 40.3 Å². The summed E-state index contributed by atoms with van der Waals surface area (Å²) in [6.07, 6.45) is 2.22. The van der Waals surface area contributed by atoms with Gasteiger partial charge in [-0.3, -0.25) is 4.79 Å². The molecule has 0 aliphatic heterocycles. The third kappa shape index (κ3) is 4.24. The number of carbonyl (C=O) groups excluding carboxylic acids is 1. The summed E-state index contributed by atoms with van der Waals surface area (Å²) in [5.74, 6) is 1.38. The lowest BCUT2D eigenvalue weighted by Gasteiger charge is -2.22. The second-order valence-corrected chi connectivity index (χ2v) is 6.04. The molecule has 19 heavy (non-hydrogen) atoms. The van der Waals surface area contributed by atoms with Crippen molar-refractivity contribution >= 4 is 17.2 Å². The fourth-order valence-corrected chi connectivity index (χ4v) is 2.61. The van der Waals surface area contributed by atoms with Gasteiger partial charge in [0, 0.05) is 11.3 Å². The average Bonchev–Trinajstić information content (AvgIpc) is 2.99. The zero-order chi connectivity index (χ0) is 13.7. The van der Waals surface area contributed by atoms with Crippen LogP contribution >= 0.6 is 11.3 Å². The summed E-state index contributed by atoms with van der Waals surface area (Å²) in [4.78, 5) is 15.4. The molecule has 0 bridgehead atoms. The fourth-order valence-electron chi connectivity index (χ4n) is 1.89. The van der Waals surface area contributed by atoms with E-state index in [1.165, 1.54) is 4.88 Å². The Morgan fingerprint density at radius 1 is 1.32 bits per heavy atom. The molecule has 0 saturated heterocycles. The summed E-state index contributed by atoms with van der Waals surface area (Å²) >= 11 is 1.68. The molecule has 2 heterocycles. The van der Waals surface area contributed by atoms with Gasteiger partial charge in [-0.2, -0.15) is 0 Å². The molecule has 2 rings (SSSR count). The number of hydrogen-bond acceptors (Lipinski definition) is 3. The van der Waals surface area contributed by atoms with Crippen molar-refractivity contribution in [2.45, 2.75) is 33.4 Å². The van der Waals surface area contributed by atoms with Gasteiger partial charge in [0.05, 0.1) is 19.4 Å². The molecule has 0 radical (unpaired) electrons. The van der Waals surface area contributed by atoms with Crippen molar-refractivity contribution < 1.29 is 9.21 Å². The summed E-state index contributed by atoms with van der Waals surface area (Å²) in [6.45, 7) is 5.32. The highest BCUT2D eigenvalue weighted by Crippen LogP contribution is 2.17. The predicted octanol–water partition coefficient (Wildman–Crippen LogP) is 3.92. The molecule has 0 fully saturated rings. The fraction of sp³-hybridized carbons (Fsp3) is 0.400. The van der Waals surface area contributed by atoms with Crippen LogP contribution in [0.25, 0.3) is 0 Å². The molecule has 3 nitrogen and oxygen atoms in total. The largest absolute Gasteiger partial charge is 0.467 e. The van der Waals surface area contributed by atoms with Gasteiger partial charge in [0.1, 0.15) is 5.76 Å². The number of furan rings is 1. The lowest BCUT2D eigenvalue weighted by molar-refractivity contribution is -0.133. The van der Waals surface area contributed by atoms with Gasteiger partial charge in [0.25, 0.3) is 0 Å². The van der Waals surface area contributed by atoms with E-state index in [0.717, 1.165) is 5.76 Å². The first-order valence-electron chi connectivity index (χ1n) is 6.47. The van der Waals surface area contributed by atoms with Gasteiger partial charge in [-0.25, -0.2) is 0 Å². The Hall–Kier alpha value is -1.55. The lowest BCUT2D eigenvalue weighted by atomic mass is 10.1. The number of hydrogen-bond donors (Lipinski definition) is 0. The van der Waals surface area contributed by atoms with Crippen LogP contribution in [-0.2, 0) is 17.9 Å². The van der Waals surface area contributed by atoms with Crippen LogP contribution in [0.5, 0.6) is 0 Å². The van der Waals surface area contributed by atoms with Gasteiger partial charge >= 0.3 is 0 Å². The molecule has 2 aromatic heterocycles. The van der Waals surface area contributed by atoms with E-state index < -0.39 is 0 Å². The number of nitrogens with zero attached hydrogens (tertiary/aromatic N) is 1. The molecule has 0 unspecified atom stereocenters. The first kappa shape index (κ1) is 13.9. The maximum absolute atomic E-state index is 12.3. The van der Waals surface area contributed by atoms with Crippen molar-refractivity contribution in [1.82, 2.24) is 4.90 Å². The lowest BCUT2D eigenvalue weighted by Crippen LogP contribution is -2.30. The van der Waals surface area contributed by atoms with Gasteiger partial charge in [0.2, 0.25) is 5.91 Å². The Kier molecular flexibility index (Phi) is 4.80. The van der Waals surface area contributed by atoms with Gasteiger partial charge in [-0.1, -0.05) is 19.9 Å². The highest BCUT2D eigenvalue weighted by atomic mass is 32.1. The normalized spacial score (nSPS) is 10.9. The second kappa shape index (κ2) is 6.57. The quantitative estimate of drug-likeness (QED) is 0.802. The average molecular weight is 277 g/mol. The van der Waals surface area contributed by atoms with Gasteiger partial charge in [-0.15, -0.1) is 11.3 Å². The molecule has 2 aromatic rings. The Labute approximate surface area is 117 Å². The van der Waals surface area contributed by atoms with E-state index >= 15 is 0 Å². The van der Waals surface area contributed by atoms with Crippen molar-refractivity contribution in [3.8, 4) is 0 Å². The monoisotopic (exact) mass is 277 g/mol. The smallest absolute Gasteiger partial charge is 0.223 e. The van der Waals surface area contributed by atoms with Crippen molar-refractivity contribution in [2.75, 3.05) is 0 Å². The highest BCUT2D eigenvalue weighted by molar-refractivity contribution is 7.09. The van der Waals surface area contributed by atoms with Crippen molar-refractivity contribution in [1.29, 1.82) is 0 Å². The van der Waals surface area contributed by atoms with Crippen LogP contribution in [0, 0.1) is 5.92 Å². The first-order valence-corrected chi connectivity index (χ1v) is 7.35. The van der Waals surface area contributed by atoms with Gasteiger partial charge in [-0.05, 0) is 29.5 Å². The Morgan fingerprint density at radius 3 is 2.74 bits per heavy atom. The highest BCUT2D eigenvalue weighted by Gasteiger charge is 2.17. The standard InChI is InChI=1S/C15H19NO2S/c1-12(2)9-15(17)16(10-13-5-3-7-18-13)11-14-6-4-8-19-14/h3-8,12H,9-11H2,1-2H3.